The summed E-state index contributed by atoms with van der Waals surface area (Å²) in [5, 5.41) is 24.2. The molecule has 3 N–H and O–H groups in total. The summed E-state index contributed by atoms with van der Waals surface area (Å²) in [6, 6.07) is 11.6. The molecule has 0 spiro atoms. The van der Waals surface area contributed by atoms with Crippen LogP contribution in [0.3, 0.4) is 0 Å². The molecule has 2 amide bonds. The molecule has 1 heterocycles. The van der Waals surface area contributed by atoms with E-state index in [4.69, 9.17) is 27.9 Å². The van der Waals surface area contributed by atoms with Gasteiger partial charge in [-0.3, -0.25) is 9.59 Å². The van der Waals surface area contributed by atoms with Crippen LogP contribution in [0.2, 0.25) is 10.0 Å². The first-order valence-electron chi connectivity index (χ1n) is 11.5. The van der Waals surface area contributed by atoms with E-state index in [1.165, 1.54) is 0 Å². The molecule has 2 aromatic rings. The highest BCUT2D eigenvalue weighted by molar-refractivity contribution is 6.42. The molecule has 9 heteroatoms. The highest BCUT2D eigenvalue weighted by Gasteiger charge is 2.50. The Morgan fingerprint density at radius 2 is 1.89 bits per heavy atom. The Balaban J connectivity index is 1.77. The van der Waals surface area contributed by atoms with Crippen molar-refractivity contribution in [2.45, 2.75) is 44.6 Å². The van der Waals surface area contributed by atoms with Crippen LogP contribution in [0.25, 0.3) is 0 Å². The zero-order chi connectivity index (χ0) is 25.3. The van der Waals surface area contributed by atoms with Gasteiger partial charge in [-0.05, 0) is 29.8 Å². The quantitative estimate of drug-likeness (QED) is 0.522. The van der Waals surface area contributed by atoms with Crippen molar-refractivity contribution >= 4 is 35.0 Å². The lowest BCUT2D eigenvalue weighted by Gasteiger charge is -2.41. The number of fused-ring (bicyclic) bond motifs is 3. The van der Waals surface area contributed by atoms with Gasteiger partial charge in [-0.25, -0.2) is 0 Å². The molecular weight excluding hydrogens is 491 g/mol. The fraction of sp³-hybridized carbons (Fsp3) is 0.385. The molecule has 0 aromatic heterocycles. The number of hydrogen-bond donors (Lipinski definition) is 3. The minimum atomic E-state index is -1.09. The molecule has 35 heavy (non-hydrogen) atoms. The lowest BCUT2D eigenvalue weighted by molar-refractivity contribution is -0.141. The predicted octanol–water partition coefficient (Wildman–Crippen LogP) is 3.30. The second-order valence-electron chi connectivity index (χ2n) is 9.05. The molecule has 0 radical (unpaired) electrons. The standard InChI is InChI=1S/C26H28Cl2N2O5/c1-14(2)26(34)30(13-15-7-8-18(27)19(28)11-15)20-12-17(25(33)29-9-10-31)22-16-5-3-4-6-21(16)35-24(22)23(20)32/h3-8,11-12,14,20,22-24,31-32H,9-10,13H2,1-2H3,(H,29,33)/t20-,22+,23+,24+/m1/s1. The van der Waals surface area contributed by atoms with Crippen LogP contribution in [-0.4, -0.2) is 58.3 Å². The monoisotopic (exact) mass is 518 g/mol. The number of ether oxygens (including phenoxy) is 1. The highest BCUT2D eigenvalue weighted by Crippen LogP contribution is 2.47. The fourth-order valence-corrected chi connectivity index (χ4v) is 5.01. The molecule has 1 aliphatic carbocycles. The number of hydrogen-bond acceptors (Lipinski definition) is 5. The predicted molar refractivity (Wildman–Crippen MR) is 133 cm³/mol. The number of benzene rings is 2. The number of para-hydroxylation sites is 1. The van der Waals surface area contributed by atoms with Crippen molar-refractivity contribution in [1.29, 1.82) is 0 Å². The molecule has 0 fully saturated rings. The van der Waals surface area contributed by atoms with Gasteiger partial charge in [0, 0.05) is 30.1 Å². The van der Waals surface area contributed by atoms with Crippen LogP contribution in [0.1, 0.15) is 30.9 Å². The summed E-state index contributed by atoms with van der Waals surface area (Å²) in [5.41, 5.74) is 1.92. The van der Waals surface area contributed by atoms with E-state index in [1.807, 2.05) is 18.2 Å². The van der Waals surface area contributed by atoms with Crippen LogP contribution >= 0.6 is 23.2 Å². The normalized spacial score (nSPS) is 22.7. The summed E-state index contributed by atoms with van der Waals surface area (Å²) >= 11 is 12.3. The van der Waals surface area contributed by atoms with Gasteiger partial charge in [0.1, 0.15) is 18.0 Å². The van der Waals surface area contributed by atoms with Crippen molar-refractivity contribution in [2.75, 3.05) is 13.2 Å². The molecule has 1 aliphatic heterocycles. The van der Waals surface area contributed by atoms with Crippen molar-refractivity contribution in [3.63, 3.8) is 0 Å². The maximum Gasteiger partial charge on any atom is 0.247 e. The summed E-state index contributed by atoms with van der Waals surface area (Å²) in [5.74, 6) is -0.839. The Labute approximate surface area is 214 Å². The summed E-state index contributed by atoms with van der Waals surface area (Å²) in [4.78, 5) is 28.1. The maximum absolute atomic E-state index is 13.4. The number of rotatable bonds is 7. The van der Waals surface area contributed by atoms with Gasteiger partial charge in [0.2, 0.25) is 11.8 Å². The first-order chi connectivity index (χ1) is 16.7. The molecule has 2 aromatic carbocycles. The van der Waals surface area contributed by atoms with Crippen LogP contribution in [0.5, 0.6) is 5.75 Å². The number of nitrogens with zero attached hydrogens (tertiary/aromatic N) is 1. The number of aliphatic hydroxyl groups excluding tert-OH is 2. The van der Waals surface area contributed by atoms with Crippen molar-refractivity contribution in [2.24, 2.45) is 5.92 Å². The van der Waals surface area contributed by atoms with Crippen molar-refractivity contribution in [1.82, 2.24) is 10.2 Å². The number of nitrogens with one attached hydrogen (secondary N) is 1. The first kappa shape index (κ1) is 25.5. The van der Waals surface area contributed by atoms with Gasteiger partial charge in [0.05, 0.1) is 28.6 Å². The highest BCUT2D eigenvalue weighted by atomic mass is 35.5. The van der Waals surface area contributed by atoms with E-state index in [-0.39, 0.29) is 37.4 Å². The number of carbonyl (C=O) groups is 2. The minimum Gasteiger partial charge on any atom is -0.486 e. The van der Waals surface area contributed by atoms with Crippen molar-refractivity contribution < 1.29 is 24.5 Å². The number of halogens is 2. The average Bonchev–Trinajstić information content (AvgIpc) is 3.23. The zero-order valence-corrected chi connectivity index (χ0v) is 21.0. The van der Waals surface area contributed by atoms with E-state index in [0.29, 0.717) is 21.4 Å². The number of amides is 2. The van der Waals surface area contributed by atoms with Crippen molar-refractivity contribution in [3.05, 3.63) is 75.3 Å². The van der Waals surface area contributed by atoms with Crippen LogP contribution < -0.4 is 10.1 Å². The average molecular weight is 519 g/mol. The maximum atomic E-state index is 13.4. The molecule has 7 nitrogen and oxygen atoms in total. The smallest absolute Gasteiger partial charge is 0.247 e. The van der Waals surface area contributed by atoms with E-state index in [9.17, 15) is 19.8 Å². The Morgan fingerprint density at radius 3 is 2.57 bits per heavy atom. The van der Waals surface area contributed by atoms with E-state index < -0.39 is 24.2 Å². The Bertz CT molecular complexity index is 1150. The van der Waals surface area contributed by atoms with E-state index >= 15 is 0 Å². The van der Waals surface area contributed by atoms with Crippen LogP contribution in [-0.2, 0) is 16.1 Å². The second-order valence-corrected chi connectivity index (χ2v) is 9.86. The topological polar surface area (TPSA) is 99.1 Å². The van der Waals surface area contributed by atoms with Crippen molar-refractivity contribution in [3.8, 4) is 5.75 Å². The van der Waals surface area contributed by atoms with Gasteiger partial charge in [-0.2, -0.15) is 0 Å². The van der Waals surface area contributed by atoms with E-state index in [2.05, 4.69) is 5.32 Å². The molecule has 186 valence electrons. The van der Waals surface area contributed by atoms with Crippen LogP contribution in [0.4, 0.5) is 0 Å². The summed E-state index contributed by atoms with van der Waals surface area (Å²) in [6.07, 6.45) is -0.192. The summed E-state index contributed by atoms with van der Waals surface area (Å²) in [6.45, 7) is 3.59. The van der Waals surface area contributed by atoms with Crippen LogP contribution in [0.15, 0.2) is 54.1 Å². The van der Waals surface area contributed by atoms with Gasteiger partial charge in [-0.15, -0.1) is 0 Å². The first-order valence-corrected chi connectivity index (χ1v) is 12.3. The molecule has 0 saturated heterocycles. The third kappa shape index (κ3) is 5.05. The van der Waals surface area contributed by atoms with E-state index in [1.54, 1.807) is 49.1 Å². The van der Waals surface area contributed by atoms with Crippen LogP contribution in [0, 0.1) is 5.92 Å². The summed E-state index contributed by atoms with van der Waals surface area (Å²) in [7, 11) is 0. The number of aliphatic hydroxyl groups is 2. The Morgan fingerprint density at radius 1 is 1.14 bits per heavy atom. The lowest BCUT2D eigenvalue weighted by Crippen LogP contribution is -2.56. The van der Waals surface area contributed by atoms with Gasteiger partial charge in [-0.1, -0.05) is 61.3 Å². The third-order valence-electron chi connectivity index (χ3n) is 6.35. The molecule has 0 unspecified atom stereocenters. The number of carbonyl (C=O) groups excluding carboxylic acids is 2. The molecule has 2 aliphatic rings. The largest absolute Gasteiger partial charge is 0.486 e. The molecule has 4 rings (SSSR count). The molecule has 4 atom stereocenters. The van der Waals surface area contributed by atoms with Gasteiger partial charge < -0.3 is 25.2 Å². The lowest BCUT2D eigenvalue weighted by atomic mass is 9.77. The van der Waals surface area contributed by atoms with Gasteiger partial charge in [0.15, 0.2) is 0 Å². The second kappa shape index (κ2) is 10.6. The Hall–Kier alpha value is -2.58. The molecular formula is C26H28Cl2N2O5. The zero-order valence-electron chi connectivity index (χ0n) is 19.4. The molecule has 0 saturated carbocycles. The van der Waals surface area contributed by atoms with Gasteiger partial charge in [0.25, 0.3) is 0 Å². The Kier molecular flexibility index (Phi) is 7.71. The fourth-order valence-electron chi connectivity index (χ4n) is 4.69. The van der Waals surface area contributed by atoms with Gasteiger partial charge >= 0.3 is 0 Å². The minimum absolute atomic E-state index is 0.0845. The summed E-state index contributed by atoms with van der Waals surface area (Å²) < 4.78 is 6.12. The SMILES string of the molecule is CC(C)C(=O)N(Cc1ccc(Cl)c(Cl)c1)[C@@H]1C=C(C(=O)NCCO)[C@@H]2c3ccccc3O[C@@H]2[C@H]1O. The third-order valence-corrected chi connectivity index (χ3v) is 7.09. The van der Waals surface area contributed by atoms with E-state index in [0.717, 1.165) is 11.1 Å². The molecule has 0 bridgehead atoms.